The number of hydrogen-bond donors (Lipinski definition) is 0. The van der Waals surface area contributed by atoms with Crippen LogP contribution < -0.4 is 4.74 Å². The summed E-state index contributed by atoms with van der Waals surface area (Å²) in [5, 5.41) is 0. The molecule has 3 aliphatic rings. The number of rotatable bonds is 4. The van der Waals surface area contributed by atoms with E-state index in [1.54, 1.807) is 41.2 Å². The summed E-state index contributed by atoms with van der Waals surface area (Å²) in [5.74, 6) is 0.602. The zero-order valence-electron chi connectivity index (χ0n) is 16.7. The Bertz CT molecular complexity index is 773. The standard InChI is InChI=1S/C21H27N3O5/c1-28-17-6-4-15(5-7-17)19(25)24-10-2-3-18(24)20(26)22-11-8-16(9-12-22)23-13-14-29-21(23)27/h4-7,16,18H,2-3,8-14H2,1H3/t18-/m1/s1. The molecule has 0 radical (unpaired) electrons. The van der Waals surface area contributed by atoms with Crippen LogP contribution in [0, 0.1) is 0 Å². The third-order valence-corrected chi connectivity index (χ3v) is 6.14. The van der Waals surface area contributed by atoms with E-state index in [0.717, 1.165) is 19.3 Å². The van der Waals surface area contributed by atoms with Gasteiger partial charge in [0.15, 0.2) is 0 Å². The molecule has 3 fully saturated rings. The average molecular weight is 401 g/mol. The van der Waals surface area contributed by atoms with Gasteiger partial charge in [0, 0.05) is 31.2 Å². The van der Waals surface area contributed by atoms with E-state index in [2.05, 4.69) is 0 Å². The van der Waals surface area contributed by atoms with Gasteiger partial charge in [-0.2, -0.15) is 0 Å². The highest BCUT2D eigenvalue weighted by Crippen LogP contribution is 2.26. The van der Waals surface area contributed by atoms with Crippen LogP contribution in [-0.4, -0.2) is 84.6 Å². The van der Waals surface area contributed by atoms with Gasteiger partial charge < -0.3 is 24.2 Å². The van der Waals surface area contributed by atoms with Crippen molar-refractivity contribution in [3.8, 4) is 5.75 Å². The van der Waals surface area contributed by atoms with Crippen LogP contribution in [0.3, 0.4) is 0 Å². The molecule has 3 aliphatic heterocycles. The lowest BCUT2D eigenvalue weighted by atomic mass is 10.0. The molecule has 156 valence electrons. The SMILES string of the molecule is COc1ccc(C(=O)N2CCC[C@@H]2C(=O)N2CCC(N3CCOC3=O)CC2)cc1. The van der Waals surface area contributed by atoms with Crippen molar-refractivity contribution in [1.29, 1.82) is 0 Å². The second kappa shape index (κ2) is 8.31. The van der Waals surface area contributed by atoms with Gasteiger partial charge in [-0.1, -0.05) is 0 Å². The van der Waals surface area contributed by atoms with Gasteiger partial charge in [0.2, 0.25) is 5.91 Å². The van der Waals surface area contributed by atoms with Gasteiger partial charge in [0.1, 0.15) is 18.4 Å². The summed E-state index contributed by atoms with van der Waals surface area (Å²) in [7, 11) is 1.59. The second-order valence-electron chi connectivity index (χ2n) is 7.75. The van der Waals surface area contributed by atoms with E-state index >= 15 is 0 Å². The van der Waals surface area contributed by atoms with E-state index < -0.39 is 6.04 Å². The first-order valence-electron chi connectivity index (χ1n) is 10.3. The summed E-state index contributed by atoms with van der Waals surface area (Å²) < 4.78 is 10.2. The molecule has 8 nitrogen and oxygen atoms in total. The highest BCUT2D eigenvalue weighted by molar-refractivity contribution is 5.98. The molecule has 0 N–H and O–H groups in total. The number of benzene rings is 1. The molecule has 8 heteroatoms. The summed E-state index contributed by atoms with van der Waals surface area (Å²) >= 11 is 0. The summed E-state index contributed by atoms with van der Waals surface area (Å²) in [5.41, 5.74) is 0.566. The van der Waals surface area contributed by atoms with Crippen molar-refractivity contribution in [2.45, 2.75) is 37.8 Å². The number of methoxy groups -OCH3 is 1. The lowest BCUT2D eigenvalue weighted by Gasteiger charge is -2.37. The van der Waals surface area contributed by atoms with Crippen LogP contribution in [0.2, 0.25) is 0 Å². The second-order valence-corrected chi connectivity index (χ2v) is 7.75. The predicted octanol–water partition coefficient (Wildman–Crippen LogP) is 1.74. The first-order chi connectivity index (χ1) is 14.1. The number of carbonyl (C=O) groups is 3. The molecule has 0 saturated carbocycles. The Balaban J connectivity index is 1.37. The fourth-order valence-electron chi connectivity index (χ4n) is 4.51. The van der Waals surface area contributed by atoms with Crippen LogP contribution in [0.5, 0.6) is 5.75 Å². The molecule has 0 aromatic heterocycles. The van der Waals surface area contributed by atoms with Crippen molar-refractivity contribution in [3.05, 3.63) is 29.8 Å². The maximum Gasteiger partial charge on any atom is 0.410 e. The monoisotopic (exact) mass is 401 g/mol. The largest absolute Gasteiger partial charge is 0.497 e. The molecule has 1 atom stereocenters. The van der Waals surface area contributed by atoms with Gasteiger partial charge in [-0.3, -0.25) is 9.59 Å². The van der Waals surface area contributed by atoms with E-state index in [1.165, 1.54) is 0 Å². The van der Waals surface area contributed by atoms with Gasteiger partial charge in [0.05, 0.1) is 13.7 Å². The molecule has 0 unspecified atom stereocenters. The molecule has 29 heavy (non-hydrogen) atoms. The Hall–Kier alpha value is -2.77. The smallest absolute Gasteiger partial charge is 0.410 e. The van der Waals surface area contributed by atoms with Crippen molar-refractivity contribution < 1.29 is 23.9 Å². The van der Waals surface area contributed by atoms with Crippen molar-refractivity contribution in [2.75, 3.05) is 39.9 Å². The number of carbonyl (C=O) groups excluding carboxylic acids is 3. The van der Waals surface area contributed by atoms with E-state index in [0.29, 0.717) is 50.5 Å². The minimum Gasteiger partial charge on any atom is -0.497 e. The third-order valence-electron chi connectivity index (χ3n) is 6.14. The minimum absolute atomic E-state index is 0.0202. The van der Waals surface area contributed by atoms with Crippen molar-refractivity contribution in [3.63, 3.8) is 0 Å². The quantitative estimate of drug-likeness (QED) is 0.768. The molecule has 0 bridgehead atoms. The number of amides is 3. The van der Waals surface area contributed by atoms with Crippen LogP contribution >= 0.6 is 0 Å². The van der Waals surface area contributed by atoms with Crippen LogP contribution in [0.1, 0.15) is 36.0 Å². The third kappa shape index (κ3) is 3.88. The van der Waals surface area contributed by atoms with Gasteiger partial charge in [-0.05, 0) is 49.9 Å². The first kappa shape index (κ1) is 19.5. The Kier molecular flexibility index (Phi) is 5.60. The molecule has 3 amide bonds. The van der Waals surface area contributed by atoms with Crippen molar-refractivity contribution in [1.82, 2.24) is 14.7 Å². The lowest BCUT2D eigenvalue weighted by Crippen LogP contribution is -2.52. The fourth-order valence-corrected chi connectivity index (χ4v) is 4.51. The van der Waals surface area contributed by atoms with Crippen molar-refractivity contribution in [2.24, 2.45) is 0 Å². The minimum atomic E-state index is -0.405. The highest BCUT2D eigenvalue weighted by Gasteiger charge is 2.39. The Morgan fingerprint density at radius 1 is 1.03 bits per heavy atom. The van der Waals surface area contributed by atoms with Crippen molar-refractivity contribution >= 4 is 17.9 Å². The molecule has 4 rings (SSSR count). The molecule has 1 aromatic carbocycles. The van der Waals surface area contributed by atoms with Crippen LogP contribution in [0.25, 0.3) is 0 Å². The maximum atomic E-state index is 13.1. The molecule has 3 saturated heterocycles. The number of piperidine rings is 1. The predicted molar refractivity (Wildman–Crippen MR) is 105 cm³/mol. The Labute approximate surface area is 170 Å². The highest BCUT2D eigenvalue weighted by atomic mass is 16.6. The molecule has 1 aromatic rings. The molecular weight excluding hydrogens is 374 g/mol. The van der Waals surface area contributed by atoms with E-state index in [9.17, 15) is 14.4 Å². The van der Waals surface area contributed by atoms with Gasteiger partial charge in [0.25, 0.3) is 5.91 Å². The van der Waals surface area contributed by atoms with Gasteiger partial charge in [-0.25, -0.2) is 4.79 Å². The number of ether oxygens (including phenoxy) is 2. The van der Waals surface area contributed by atoms with Gasteiger partial charge >= 0.3 is 6.09 Å². The molecule has 3 heterocycles. The van der Waals surface area contributed by atoms with E-state index in [-0.39, 0.29) is 23.9 Å². The zero-order valence-corrected chi connectivity index (χ0v) is 16.7. The maximum absolute atomic E-state index is 13.1. The number of cyclic esters (lactones) is 1. The van der Waals surface area contributed by atoms with Crippen LogP contribution in [0.4, 0.5) is 4.79 Å². The normalized spacial score (nSPS) is 22.7. The molecular formula is C21H27N3O5. The Morgan fingerprint density at radius 2 is 1.76 bits per heavy atom. The number of nitrogens with zero attached hydrogens (tertiary/aromatic N) is 3. The number of likely N-dealkylation sites (tertiary alicyclic amines) is 2. The lowest BCUT2D eigenvalue weighted by molar-refractivity contribution is -0.136. The summed E-state index contributed by atoms with van der Waals surface area (Å²) in [6.45, 7) is 2.88. The zero-order chi connectivity index (χ0) is 20.4. The van der Waals surface area contributed by atoms with Gasteiger partial charge in [-0.15, -0.1) is 0 Å². The summed E-state index contributed by atoms with van der Waals surface area (Å²) in [6, 6.07) is 6.72. The topological polar surface area (TPSA) is 79.4 Å². The first-order valence-corrected chi connectivity index (χ1v) is 10.3. The number of hydrogen-bond acceptors (Lipinski definition) is 5. The van der Waals surface area contributed by atoms with Crippen LogP contribution in [0.15, 0.2) is 24.3 Å². The molecule has 0 aliphatic carbocycles. The molecule has 0 spiro atoms. The fraction of sp³-hybridized carbons (Fsp3) is 0.571. The van der Waals surface area contributed by atoms with Crippen LogP contribution in [-0.2, 0) is 9.53 Å². The average Bonchev–Trinajstić information content (AvgIpc) is 3.42. The Morgan fingerprint density at radius 3 is 2.38 bits per heavy atom. The van der Waals surface area contributed by atoms with E-state index in [4.69, 9.17) is 9.47 Å². The van der Waals surface area contributed by atoms with E-state index in [1.807, 2.05) is 4.90 Å². The summed E-state index contributed by atoms with van der Waals surface area (Å²) in [6.07, 6.45) is 2.77. The summed E-state index contributed by atoms with van der Waals surface area (Å²) in [4.78, 5) is 43.2.